The first-order chi connectivity index (χ1) is 6.84. The van der Waals surface area contributed by atoms with Crippen LogP contribution in [0.4, 0.5) is 0 Å². The van der Waals surface area contributed by atoms with Gasteiger partial charge in [-0.2, -0.15) is 0 Å². The first kappa shape index (κ1) is 10.3. The Morgan fingerprint density at radius 3 is 2.79 bits per heavy atom. The Bertz CT molecular complexity index is 280. The van der Waals surface area contributed by atoms with E-state index >= 15 is 0 Å². The van der Waals surface area contributed by atoms with Crippen LogP contribution >= 0.6 is 22.6 Å². The summed E-state index contributed by atoms with van der Waals surface area (Å²) in [6.45, 7) is 5.54. The second-order valence-corrected chi connectivity index (χ2v) is 4.62. The molecule has 0 aromatic carbocycles. The molecular weight excluding hydrogens is 289 g/mol. The van der Waals surface area contributed by atoms with E-state index in [4.69, 9.17) is 0 Å². The van der Waals surface area contributed by atoms with Gasteiger partial charge in [-0.1, -0.05) is 6.07 Å². The molecule has 3 nitrogen and oxygen atoms in total. The molecule has 2 heterocycles. The molecule has 1 N–H and O–H groups in total. The molecule has 1 aromatic heterocycles. The molecule has 14 heavy (non-hydrogen) atoms. The molecule has 0 bridgehead atoms. The van der Waals surface area contributed by atoms with Crippen molar-refractivity contribution >= 4 is 22.6 Å². The SMILES string of the molecule is Ic1ccc(CN2CCNCC2)cn1. The molecule has 4 heteroatoms. The highest BCUT2D eigenvalue weighted by atomic mass is 127. The summed E-state index contributed by atoms with van der Waals surface area (Å²) in [4.78, 5) is 6.75. The van der Waals surface area contributed by atoms with Crippen molar-refractivity contribution in [2.24, 2.45) is 0 Å². The maximum absolute atomic E-state index is 4.29. The number of nitrogens with one attached hydrogen (secondary N) is 1. The van der Waals surface area contributed by atoms with Crippen LogP contribution in [0.2, 0.25) is 0 Å². The smallest absolute Gasteiger partial charge is 0.101 e. The van der Waals surface area contributed by atoms with Gasteiger partial charge in [-0.3, -0.25) is 9.88 Å². The van der Waals surface area contributed by atoms with Crippen LogP contribution in [-0.4, -0.2) is 36.1 Å². The minimum Gasteiger partial charge on any atom is -0.314 e. The Labute approximate surface area is 98.0 Å². The fourth-order valence-electron chi connectivity index (χ4n) is 1.63. The third-order valence-electron chi connectivity index (χ3n) is 2.40. The number of nitrogens with zero attached hydrogens (tertiary/aromatic N) is 2. The normalized spacial score (nSPS) is 18.4. The van der Waals surface area contributed by atoms with E-state index in [9.17, 15) is 0 Å². The zero-order valence-electron chi connectivity index (χ0n) is 8.04. The van der Waals surface area contributed by atoms with E-state index in [-0.39, 0.29) is 0 Å². The quantitative estimate of drug-likeness (QED) is 0.655. The maximum Gasteiger partial charge on any atom is 0.101 e. The van der Waals surface area contributed by atoms with Crippen LogP contribution in [0.15, 0.2) is 18.3 Å². The predicted octanol–water partition coefficient (Wildman–Crippen LogP) is 1.09. The summed E-state index contributed by atoms with van der Waals surface area (Å²) in [5, 5.41) is 3.35. The second-order valence-electron chi connectivity index (χ2n) is 3.52. The van der Waals surface area contributed by atoms with Crippen molar-refractivity contribution in [3.05, 3.63) is 27.6 Å². The second kappa shape index (κ2) is 5.04. The van der Waals surface area contributed by atoms with Gasteiger partial charge < -0.3 is 5.32 Å². The summed E-state index contributed by atoms with van der Waals surface area (Å²) >= 11 is 2.23. The van der Waals surface area contributed by atoms with Crippen molar-refractivity contribution in [2.75, 3.05) is 26.2 Å². The van der Waals surface area contributed by atoms with Crippen molar-refractivity contribution in [2.45, 2.75) is 6.54 Å². The molecule has 0 spiro atoms. The fraction of sp³-hybridized carbons (Fsp3) is 0.500. The van der Waals surface area contributed by atoms with Gasteiger partial charge in [0.2, 0.25) is 0 Å². The molecule has 1 aliphatic heterocycles. The van der Waals surface area contributed by atoms with Crippen molar-refractivity contribution in [3.63, 3.8) is 0 Å². The van der Waals surface area contributed by atoms with Crippen LogP contribution in [-0.2, 0) is 6.54 Å². The minimum absolute atomic E-state index is 1.03. The Morgan fingerprint density at radius 2 is 2.14 bits per heavy atom. The van der Waals surface area contributed by atoms with E-state index in [2.05, 4.69) is 49.9 Å². The van der Waals surface area contributed by atoms with Crippen LogP contribution in [0.1, 0.15) is 5.56 Å². The molecule has 1 aromatic rings. The topological polar surface area (TPSA) is 28.2 Å². The monoisotopic (exact) mass is 303 g/mol. The minimum atomic E-state index is 1.03. The van der Waals surface area contributed by atoms with Gasteiger partial charge in [0.05, 0.1) is 0 Å². The lowest BCUT2D eigenvalue weighted by molar-refractivity contribution is 0.233. The van der Waals surface area contributed by atoms with Crippen LogP contribution in [0, 0.1) is 3.70 Å². The highest BCUT2D eigenvalue weighted by Gasteiger charge is 2.09. The predicted molar refractivity (Wildman–Crippen MR) is 65.1 cm³/mol. The molecule has 0 atom stereocenters. The molecule has 0 amide bonds. The Hall–Kier alpha value is -0.200. The lowest BCUT2D eigenvalue weighted by Gasteiger charge is -2.26. The van der Waals surface area contributed by atoms with Gasteiger partial charge in [0.15, 0.2) is 0 Å². The summed E-state index contributed by atoms with van der Waals surface area (Å²) < 4.78 is 1.06. The molecule has 1 aliphatic rings. The number of piperazine rings is 1. The summed E-state index contributed by atoms with van der Waals surface area (Å²) in [5.41, 5.74) is 1.31. The number of hydrogen-bond donors (Lipinski definition) is 1. The van der Waals surface area contributed by atoms with Gasteiger partial charge in [-0.25, -0.2) is 0 Å². The van der Waals surface area contributed by atoms with Gasteiger partial charge in [0, 0.05) is 38.9 Å². The summed E-state index contributed by atoms with van der Waals surface area (Å²) in [5.74, 6) is 0. The zero-order valence-corrected chi connectivity index (χ0v) is 10.2. The van der Waals surface area contributed by atoms with Crippen molar-refractivity contribution < 1.29 is 0 Å². The van der Waals surface area contributed by atoms with Gasteiger partial charge in [-0.15, -0.1) is 0 Å². The lowest BCUT2D eigenvalue weighted by atomic mass is 10.2. The van der Waals surface area contributed by atoms with Crippen molar-refractivity contribution in [1.82, 2.24) is 15.2 Å². The Morgan fingerprint density at radius 1 is 1.36 bits per heavy atom. The first-order valence-corrected chi connectivity index (χ1v) is 5.96. The molecule has 0 radical (unpaired) electrons. The summed E-state index contributed by atoms with van der Waals surface area (Å²) in [6.07, 6.45) is 1.98. The molecule has 1 fully saturated rings. The maximum atomic E-state index is 4.29. The summed E-state index contributed by atoms with van der Waals surface area (Å²) in [6, 6.07) is 4.23. The van der Waals surface area contributed by atoms with Gasteiger partial charge in [0.25, 0.3) is 0 Å². The van der Waals surface area contributed by atoms with Crippen LogP contribution in [0.3, 0.4) is 0 Å². The van der Waals surface area contributed by atoms with Gasteiger partial charge in [0.1, 0.15) is 3.70 Å². The fourth-order valence-corrected chi connectivity index (χ4v) is 1.95. The van der Waals surface area contributed by atoms with E-state index < -0.39 is 0 Å². The number of pyridine rings is 1. The molecule has 2 rings (SSSR count). The molecule has 1 saturated heterocycles. The Kier molecular flexibility index (Phi) is 3.72. The third-order valence-corrected chi connectivity index (χ3v) is 3.04. The van der Waals surface area contributed by atoms with Crippen LogP contribution in [0.5, 0.6) is 0 Å². The average molecular weight is 303 g/mol. The van der Waals surface area contributed by atoms with Crippen molar-refractivity contribution in [1.29, 1.82) is 0 Å². The van der Waals surface area contributed by atoms with E-state index in [1.165, 1.54) is 5.56 Å². The molecular formula is C10H14IN3. The molecule has 76 valence electrons. The highest BCUT2D eigenvalue weighted by Crippen LogP contribution is 2.06. The van der Waals surface area contributed by atoms with E-state index in [0.29, 0.717) is 0 Å². The number of hydrogen-bond acceptors (Lipinski definition) is 3. The van der Waals surface area contributed by atoms with Gasteiger partial charge in [-0.05, 0) is 34.2 Å². The van der Waals surface area contributed by atoms with E-state index in [0.717, 1.165) is 36.4 Å². The first-order valence-electron chi connectivity index (χ1n) is 4.88. The Balaban J connectivity index is 1.92. The van der Waals surface area contributed by atoms with Crippen molar-refractivity contribution in [3.8, 4) is 0 Å². The highest BCUT2D eigenvalue weighted by molar-refractivity contribution is 14.1. The van der Waals surface area contributed by atoms with Gasteiger partial charge >= 0.3 is 0 Å². The largest absolute Gasteiger partial charge is 0.314 e. The number of halogens is 1. The van der Waals surface area contributed by atoms with E-state index in [1.54, 1.807) is 0 Å². The third kappa shape index (κ3) is 2.90. The average Bonchev–Trinajstić information content (AvgIpc) is 2.23. The number of rotatable bonds is 2. The van der Waals surface area contributed by atoms with Crippen LogP contribution in [0.25, 0.3) is 0 Å². The van der Waals surface area contributed by atoms with Crippen LogP contribution < -0.4 is 5.32 Å². The molecule has 0 unspecified atom stereocenters. The number of aromatic nitrogens is 1. The van der Waals surface area contributed by atoms with E-state index in [1.807, 2.05) is 6.20 Å². The summed E-state index contributed by atoms with van der Waals surface area (Å²) in [7, 11) is 0. The molecule has 0 aliphatic carbocycles. The zero-order chi connectivity index (χ0) is 9.80. The molecule has 0 saturated carbocycles. The lowest BCUT2D eigenvalue weighted by Crippen LogP contribution is -2.42. The standard InChI is InChI=1S/C10H14IN3/c11-10-2-1-9(7-13-10)8-14-5-3-12-4-6-14/h1-2,7,12H,3-6,8H2.